The zero-order valence-electron chi connectivity index (χ0n) is 14.1. The van der Waals surface area contributed by atoms with Crippen LogP contribution in [-0.4, -0.2) is 43.1 Å². The minimum Gasteiger partial charge on any atom is -0.380 e. The molecule has 3 rings (SSSR count). The molecule has 1 saturated carbocycles. The third kappa shape index (κ3) is 4.47. The van der Waals surface area contributed by atoms with Gasteiger partial charge in [0.05, 0.1) is 6.61 Å². The maximum Gasteiger partial charge on any atom is 0.321 e. The van der Waals surface area contributed by atoms with Crippen LogP contribution in [0.1, 0.15) is 31.2 Å². The molecule has 0 spiro atoms. The first kappa shape index (κ1) is 16.8. The van der Waals surface area contributed by atoms with E-state index >= 15 is 0 Å². The second-order valence-electron chi connectivity index (χ2n) is 6.60. The van der Waals surface area contributed by atoms with Crippen molar-refractivity contribution in [1.29, 1.82) is 0 Å². The number of hydrogen-bond acceptors (Lipinski definition) is 3. The topological polar surface area (TPSA) is 70.7 Å². The zero-order chi connectivity index (χ0) is 16.9. The summed E-state index contributed by atoms with van der Waals surface area (Å²) in [7, 11) is 1.66. The van der Waals surface area contributed by atoms with Crippen LogP contribution < -0.4 is 10.6 Å². The van der Waals surface area contributed by atoms with Crippen LogP contribution in [0.2, 0.25) is 0 Å². The minimum absolute atomic E-state index is 0.0820. The highest BCUT2D eigenvalue weighted by Gasteiger charge is 2.32. The first-order valence-corrected chi connectivity index (χ1v) is 8.60. The minimum atomic E-state index is -0.0820. The van der Waals surface area contributed by atoms with E-state index in [0.717, 1.165) is 36.9 Å². The van der Waals surface area contributed by atoms with Crippen molar-refractivity contribution in [2.24, 2.45) is 5.92 Å². The van der Waals surface area contributed by atoms with Gasteiger partial charge >= 0.3 is 6.03 Å². The van der Waals surface area contributed by atoms with Gasteiger partial charge in [-0.1, -0.05) is 12.1 Å². The monoisotopic (exact) mass is 331 g/mol. The molecule has 2 N–H and O–H groups in total. The van der Waals surface area contributed by atoms with E-state index in [0.29, 0.717) is 19.7 Å². The standard InChI is InChI=1S/C18H25N3O3/c1-24-12-13-2-6-15(7-3-13)20-18(23)21-10-8-16(9-11-21)19-17(22)14-4-5-14/h2-3,6-7,14,16H,4-5,8-12H2,1H3,(H,19,22)(H,20,23). The number of ether oxygens (including phenoxy) is 1. The first-order valence-electron chi connectivity index (χ1n) is 8.60. The molecule has 0 aromatic heterocycles. The van der Waals surface area contributed by atoms with Crippen molar-refractivity contribution >= 4 is 17.6 Å². The van der Waals surface area contributed by atoms with E-state index in [4.69, 9.17) is 4.74 Å². The van der Waals surface area contributed by atoms with Crippen molar-refractivity contribution in [3.63, 3.8) is 0 Å². The highest BCUT2D eigenvalue weighted by molar-refractivity contribution is 5.89. The summed E-state index contributed by atoms with van der Waals surface area (Å²) in [5.74, 6) is 0.432. The van der Waals surface area contributed by atoms with E-state index in [1.807, 2.05) is 29.2 Å². The molecule has 0 atom stereocenters. The van der Waals surface area contributed by atoms with E-state index in [9.17, 15) is 9.59 Å². The fraction of sp³-hybridized carbons (Fsp3) is 0.556. The lowest BCUT2D eigenvalue weighted by Crippen LogP contribution is -2.48. The van der Waals surface area contributed by atoms with Crippen molar-refractivity contribution in [2.75, 3.05) is 25.5 Å². The van der Waals surface area contributed by atoms with Crippen molar-refractivity contribution < 1.29 is 14.3 Å². The van der Waals surface area contributed by atoms with Crippen LogP contribution in [0.15, 0.2) is 24.3 Å². The summed E-state index contributed by atoms with van der Waals surface area (Å²) in [5, 5.41) is 6.02. The van der Waals surface area contributed by atoms with Crippen LogP contribution in [0.25, 0.3) is 0 Å². The predicted molar refractivity (Wildman–Crippen MR) is 91.6 cm³/mol. The number of carbonyl (C=O) groups excluding carboxylic acids is 2. The molecule has 24 heavy (non-hydrogen) atoms. The summed E-state index contributed by atoms with van der Waals surface area (Å²) >= 11 is 0. The van der Waals surface area contributed by atoms with Crippen molar-refractivity contribution in [3.8, 4) is 0 Å². The lowest BCUT2D eigenvalue weighted by Gasteiger charge is -2.32. The Labute approximate surface area is 142 Å². The smallest absolute Gasteiger partial charge is 0.321 e. The first-order chi connectivity index (χ1) is 11.7. The van der Waals surface area contributed by atoms with Gasteiger partial charge in [-0.15, -0.1) is 0 Å². The van der Waals surface area contributed by atoms with Crippen LogP contribution in [0, 0.1) is 5.92 Å². The summed E-state index contributed by atoms with van der Waals surface area (Å²) in [6.07, 6.45) is 3.68. The zero-order valence-corrected chi connectivity index (χ0v) is 14.1. The number of piperidine rings is 1. The van der Waals surface area contributed by atoms with E-state index in [1.165, 1.54) is 0 Å². The van der Waals surface area contributed by atoms with Gasteiger partial charge in [-0.05, 0) is 43.4 Å². The largest absolute Gasteiger partial charge is 0.380 e. The van der Waals surface area contributed by atoms with E-state index < -0.39 is 0 Å². The lowest BCUT2D eigenvalue weighted by atomic mass is 10.1. The Hall–Kier alpha value is -2.08. The van der Waals surface area contributed by atoms with E-state index in [2.05, 4.69) is 10.6 Å². The molecule has 0 radical (unpaired) electrons. The fourth-order valence-corrected chi connectivity index (χ4v) is 2.94. The molecule has 1 aromatic rings. The molecule has 6 nitrogen and oxygen atoms in total. The molecule has 1 aliphatic carbocycles. The second-order valence-corrected chi connectivity index (χ2v) is 6.60. The maximum atomic E-state index is 12.3. The van der Waals surface area contributed by atoms with Gasteiger partial charge in [-0.2, -0.15) is 0 Å². The Balaban J connectivity index is 1.43. The van der Waals surface area contributed by atoms with Gasteiger partial charge in [0, 0.05) is 37.8 Å². The van der Waals surface area contributed by atoms with Gasteiger partial charge in [-0.25, -0.2) is 4.79 Å². The quantitative estimate of drug-likeness (QED) is 0.870. The molecule has 1 saturated heterocycles. The third-order valence-corrected chi connectivity index (χ3v) is 4.59. The number of benzene rings is 1. The highest BCUT2D eigenvalue weighted by atomic mass is 16.5. The highest BCUT2D eigenvalue weighted by Crippen LogP contribution is 2.29. The van der Waals surface area contributed by atoms with E-state index in [-0.39, 0.29) is 23.9 Å². The molecule has 1 aromatic carbocycles. The number of nitrogens with one attached hydrogen (secondary N) is 2. The summed E-state index contributed by atoms with van der Waals surface area (Å²) in [6.45, 7) is 1.90. The van der Waals surface area contributed by atoms with Gasteiger partial charge in [0.25, 0.3) is 0 Å². The van der Waals surface area contributed by atoms with Crippen molar-refractivity contribution in [3.05, 3.63) is 29.8 Å². The van der Waals surface area contributed by atoms with Crippen LogP contribution in [0.5, 0.6) is 0 Å². The fourth-order valence-electron chi connectivity index (χ4n) is 2.94. The van der Waals surface area contributed by atoms with Gasteiger partial charge in [-0.3, -0.25) is 4.79 Å². The molecule has 1 heterocycles. The molecular formula is C18H25N3O3. The normalized spacial score (nSPS) is 18.3. The van der Waals surface area contributed by atoms with Crippen LogP contribution in [0.4, 0.5) is 10.5 Å². The van der Waals surface area contributed by atoms with Crippen molar-refractivity contribution in [2.45, 2.75) is 38.3 Å². The molecule has 2 aliphatic rings. The van der Waals surface area contributed by atoms with Gasteiger partial charge in [0.15, 0.2) is 0 Å². The lowest BCUT2D eigenvalue weighted by molar-refractivity contribution is -0.123. The summed E-state index contributed by atoms with van der Waals surface area (Å²) in [4.78, 5) is 25.9. The SMILES string of the molecule is COCc1ccc(NC(=O)N2CCC(NC(=O)C3CC3)CC2)cc1. The Morgan fingerprint density at radius 3 is 2.38 bits per heavy atom. The Morgan fingerprint density at radius 2 is 1.79 bits per heavy atom. The number of urea groups is 1. The predicted octanol–water partition coefficient (Wildman–Crippen LogP) is 2.36. The molecule has 0 unspecified atom stereocenters. The average molecular weight is 331 g/mol. The summed E-state index contributed by atoms with van der Waals surface area (Å²) in [5.41, 5.74) is 1.85. The number of amides is 3. The number of hydrogen-bond donors (Lipinski definition) is 2. The van der Waals surface area contributed by atoms with E-state index in [1.54, 1.807) is 7.11 Å². The van der Waals surface area contributed by atoms with Gasteiger partial charge in [0.2, 0.25) is 5.91 Å². The average Bonchev–Trinajstić information content (AvgIpc) is 3.42. The molecule has 2 fully saturated rings. The Morgan fingerprint density at radius 1 is 1.12 bits per heavy atom. The summed E-state index contributed by atoms with van der Waals surface area (Å²) < 4.78 is 5.07. The Kier molecular flexibility index (Phi) is 5.35. The number of methoxy groups -OCH3 is 1. The van der Waals surface area contributed by atoms with Crippen molar-refractivity contribution in [1.82, 2.24) is 10.2 Å². The number of anilines is 1. The van der Waals surface area contributed by atoms with Gasteiger partial charge in [0.1, 0.15) is 0 Å². The molecule has 1 aliphatic heterocycles. The van der Waals surface area contributed by atoms with Crippen LogP contribution in [0.3, 0.4) is 0 Å². The molecule has 0 bridgehead atoms. The number of nitrogens with zero attached hydrogens (tertiary/aromatic N) is 1. The number of rotatable bonds is 5. The molecule has 130 valence electrons. The molecular weight excluding hydrogens is 306 g/mol. The summed E-state index contributed by atoms with van der Waals surface area (Å²) in [6, 6.07) is 7.78. The van der Waals surface area contributed by atoms with Crippen LogP contribution >= 0.6 is 0 Å². The second kappa shape index (κ2) is 7.66. The third-order valence-electron chi connectivity index (χ3n) is 4.59. The number of likely N-dealkylation sites (tertiary alicyclic amines) is 1. The van der Waals surface area contributed by atoms with Crippen LogP contribution in [-0.2, 0) is 16.1 Å². The Bertz CT molecular complexity index is 576. The maximum absolute atomic E-state index is 12.3. The molecule has 3 amide bonds. The molecule has 6 heteroatoms. The van der Waals surface area contributed by atoms with Gasteiger partial charge < -0.3 is 20.3 Å². The number of carbonyl (C=O) groups is 2.